The summed E-state index contributed by atoms with van der Waals surface area (Å²) in [5.74, 6) is 0.809. The molecular weight excluding hydrogens is 258 g/mol. The first-order valence-corrected chi connectivity index (χ1v) is 7.29. The lowest BCUT2D eigenvalue weighted by atomic mass is 10.0. The van der Waals surface area contributed by atoms with Crippen LogP contribution in [0.25, 0.3) is 16.7 Å². The van der Waals surface area contributed by atoms with Crippen LogP contribution in [0.1, 0.15) is 33.8 Å². The number of benzene rings is 1. The maximum atomic E-state index is 4.69. The molecule has 2 heterocycles. The first-order valence-electron chi connectivity index (χ1n) is 7.29. The van der Waals surface area contributed by atoms with Crippen LogP contribution >= 0.6 is 0 Å². The van der Waals surface area contributed by atoms with Crippen molar-refractivity contribution >= 4 is 11.0 Å². The first kappa shape index (κ1) is 13.8. The summed E-state index contributed by atoms with van der Waals surface area (Å²) in [6, 6.07) is 4.47. The van der Waals surface area contributed by atoms with Gasteiger partial charge in [0.1, 0.15) is 11.5 Å². The number of rotatable bonds is 1. The van der Waals surface area contributed by atoms with Gasteiger partial charge >= 0.3 is 0 Å². The second kappa shape index (κ2) is 4.69. The lowest BCUT2D eigenvalue weighted by Crippen LogP contribution is -2.04. The van der Waals surface area contributed by atoms with Crippen molar-refractivity contribution in [2.45, 2.75) is 41.5 Å². The molecule has 0 radical (unpaired) electrons. The van der Waals surface area contributed by atoms with E-state index in [4.69, 9.17) is 4.98 Å². The van der Waals surface area contributed by atoms with Crippen LogP contribution in [-0.2, 0) is 0 Å². The van der Waals surface area contributed by atoms with Crippen LogP contribution in [0.15, 0.2) is 18.3 Å². The van der Waals surface area contributed by atoms with Crippen molar-refractivity contribution in [1.82, 2.24) is 14.5 Å². The second-order valence-corrected chi connectivity index (χ2v) is 5.95. The molecule has 3 heteroatoms. The van der Waals surface area contributed by atoms with Crippen LogP contribution in [0.2, 0.25) is 0 Å². The quantitative estimate of drug-likeness (QED) is 0.666. The summed E-state index contributed by atoms with van der Waals surface area (Å²) >= 11 is 0. The molecule has 0 aliphatic heterocycles. The van der Waals surface area contributed by atoms with Gasteiger partial charge in [-0.15, -0.1) is 0 Å². The Morgan fingerprint density at radius 1 is 0.905 bits per heavy atom. The van der Waals surface area contributed by atoms with Crippen LogP contribution in [0.3, 0.4) is 0 Å². The van der Waals surface area contributed by atoms with Gasteiger partial charge in [0, 0.05) is 17.3 Å². The van der Waals surface area contributed by atoms with Crippen molar-refractivity contribution in [2.24, 2.45) is 0 Å². The summed E-state index contributed by atoms with van der Waals surface area (Å²) in [5.41, 5.74) is 8.60. The average molecular weight is 279 g/mol. The zero-order chi connectivity index (χ0) is 15.3. The van der Waals surface area contributed by atoms with Crippen molar-refractivity contribution in [1.29, 1.82) is 0 Å². The number of aromatic nitrogens is 3. The third-order valence-corrected chi connectivity index (χ3v) is 4.24. The molecule has 0 N–H and O–H groups in total. The van der Waals surface area contributed by atoms with E-state index in [2.05, 4.69) is 56.3 Å². The molecule has 0 aliphatic carbocycles. The van der Waals surface area contributed by atoms with Crippen molar-refractivity contribution in [3.05, 3.63) is 52.1 Å². The van der Waals surface area contributed by atoms with E-state index < -0.39 is 0 Å². The van der Waals surface area contributed by atoms with Gasteiger partial charge in [-0.3, -0.25) is 4.57 Å². The van der Waals surface area contributed by atoms with Crippen LogP contribution in [-0.4, -0.2) is 14.5 Å². The van der Waals surface area contributed by atoms with Crippen molar-refractivity contribution in [3.8, 4) is 5.69 Å². The average Bonchev–Trinajstić information content (AvgIpc) is 2.62. The number of aryl methyl sites for hydroxylation is 5. The summed E-state index contributed by atoms with van der Waals surface area (Å²) in [6.07, 6.45) is 1.94. The molecule has 21 heavy (non-hydrogen) atoms. The van der Waals surface area contributed by atoms with Crippen LogP contribution in [0.5, 0.6) is 0 Å². The molecule has 0 bridgehead atoms. The highest BCUT2D eigenvalue weighted by atomic mass is 15.1. The minimum absolute atomic E-state index is 0.809. The Morgan fingerprint density at radius 3 is 2.14 bits per heavy atom. The Kier molecular flexibility index (Phi) is 3.08. The predicted octanol–water partition coefficient (Wildman–Crippen LogP) is 4.27. The summed E-state index contributed by atoms with van der Waals surface area (Å²) in [4.78, 5) is 9.04. The lowest BCUT2D eigenvalue weighted by Gasteiger charge is -2.15. The minimum atomic E-state index is 0.809. The molecule has 0 saturated carbocycles. The Hall–Kier alpha value is -2.16. The fraction of sp³-hybridized carbons (Fsp3) is 0.333. The predicted molar refractivity (Wildman–Crippen MR) is 87.3 cm³/mol. The topological polar surface area (TPSA) is 30.7 Å². The Morgan fingerprint density at radius 2 is 1.52 bits per heavy atom. The zero-order valence-electron chi connectivity index (χ0n) is 13.6. The second-order valence-electron chi connectivity index (χ2n) is 5.95. The molecule has 0 amide bonds. The van der Waals surface area contributed by atoms with Gasteiger partial charge in [0.05, 0.1) is 5.69 Å². The molecule has 3 rings (SSSR count). The monoisotopic (exact) mass is 279 g/mol. The van der Waals surface area contributed by atoms with E-state index in [1.807, 2.05) is 13.1 Å². The van der Waals surface area contributed by atoms with Crippen molar-refractivity contribution in [3.63, 3.8) is 0 Å². The molecule has 1 aromatic carbocycles. The Bertz CT molecular complexity index is 834. The number of hydrogen-bond acceptors (Lipinski definition) is 2. The van der Waals surface area contributed by atoms with Gasteiger partial charge in [-0.25, -0.2) is 9.97 Å². The molecule has 0 spiro atoms. The van der Waals surface area contributed by atoms with Crippen LogP contribution in [0.4, 0.5) is 0 Å². The molecular formula is C18H21N3. The van der Waals surface area contributed by atoms with Gasteiger partial charge in [-0.1, -0.05) is 17.7 Å². The maximum absolute atomic E-state index is 4.69. The van der Waals surface area contributed by atoms with Gasteiger partial charge in [0.2, 0.25) is 0 Å². The zero-order valence-corrected chi connectivity index (χ0v) is 13.6. The summed E-state index contributed by atoms with van der Waals surface area (Å²) in [6.45, 7) is 12.7. The maximum Gasteiger partial charge on any atom is 0.148 e. The minimum Gasteiger partial charge on any atom is -0.298 e. The highest BCUT2D eigenvalue weighted by Crippen LogP contribution is 2.30. The Labute approximate surface area is 125 Å². The van der Waals surface area contributed by atoms with E-state index >= 15 is 0 Å². The van der Waals surface area contributed by atoms with Gasteiger partial charge in [-0.2, -0.15) is 0 Å². The van der Waals surface area contributed by atoms with E-state index in [1.165, 1.54) is 33.6 Å². The van der Waals surface area contributed by atoms with Crippen LogP contribution < -0.4 is 0 Å². The number of hydrogen-bond donors (Lipinski definition) is 0. The van der Waals surface area contributed by atoms with E-state index in [0.29, 0.717) is 0 Å². The standard InChI is InChI=1S/C18H21N3/c1-10-7-11(2)17(12(3)8-10)21-14(5)13(4)16-9-19-15(6)20-18(16)21/h7-9H,1-6H3. The van der Waals surface area contributed by atoms with E-state index in [9.17, 15) is 0 Å². The third kappa shape index (κ3) is 2.04. The lowest BCUT2D eigenvalue weighted by molar-refractivity contribution is 0.973. The van der Waals surface area contributed by atoms with E-state index in [-0.39, 0.29) is 0 Å². The third-order valence-electron chi connectivity index (χ3n) is 4.24. The van der Waals surface area contributed by atoms with Gasteiger partial charge in [0.15, 0.2) is 0 Å². The normalized spacial score (nSPS) is 11.3. The van der Waals surface area contributed by atoms with Gasteiger partial charge < -0.3 is 0 Å². The molecule has 0 aliphatic rings. The molecule has 0 saturated heterocycles. The highest BCUT2D eigenvalue weighted by molar-refractivity contribution is 5.83. The van der Waals surface area contributed by atoms with E-state index in [0.717, 1.165) is 16.9 Å². The summed E-state index contributed by atoms with van der Waals surface area (Å²) in [5, 5.41) is 1.14. The SMILES string of the molecule is Cc1cc(C)c(-n2c(C)c(C)c3cnc(C)nc32)c(C)c1. The first-order chi connectivity index (χ1) is 9.90. The van der Waals surface area contributed by atoms with E-state index in [1.54, 1.807) is 0 Å². The number of nitrogens with zero attached hydrogens (tertiary/aromatic N) is 3. The smallest absolute Gasteiger partial charge is 0.148 e. The van der Waals surface area contributed by atoms with Crippen molar-refractivity contribution in [2.75, 3.05) is 0 Å². The fourth-order valence-electron chi connectivity index (χ4n) is 3.21. The van der Waals surface area contributed by atoms with Gasteiger partial charge in [-0.05, 0) is 58.2 Å². The number of fused-ring (bicyclic) bond motifs is 1. The van der Waals surface area contributed by atoms with Gasteiger partial charge in [0.25, 0.3) is 0 Å². The van der Waals surface area contributed by atoms with Crippen molar-refractivity contribution < 1.29 is 0 Å². The molecule has 108 valence electrons. The molecule has 2 aromatic heterocycles. The molecule has 0 fully saturated rings. The molecule has 3 aromatic rings. The Balaban J connectivity index is 2.46. The van der Waals surface area contributed by atoms with Crippen LogP contribution in [0, 0.1) is 41.5 Å². The fourth-order valence-corrected chi connectivity index (χ4v) is 3.21. The summed E-state index contributed by atoms with van der Waals surface area (Å²) < 4.78 is 2.28. The molecule has 3 nitrogen and oxygen atoms in total. The highest BCUT2D eigenvalue weighted by Gasteiger charge is 2.17. The summed E-state index contributed by atoms with van der Waals surface area (Å²) in [7, 11) is 0. The molecule has 0 unspecified atom stereocenters. The largest absolute Gasteiger partial charge is 0.298 e. The molecule has 0 atom stereocenters.